The van der Waals surface area contributed by atoms with Crippen molar-refractivity contribution < 1.29 is 4.39 Å². The van der Waals surface area contributed by atoms with Crippen LogP contribution in [0.5, 0.6) is 0 Å². The van der Waals surface area contributed by atoms with Gasteiger partial charge >= 0.3 is 0 Å². The minimum atomic E-state index is -0.528. The van der Waals surface area contributed by atoms with Crippen molar-refractivity contribution in [3.05, 3.63) is 11.9 Å². The van der Waals surface area contributed by atoms with Crippen molar-refractivity contribution >= 4 is 0 Å². The van der Waals surface area contributed by atoms with Crippen LogP contribution in [0.3, 0.4) is 0 Å². The molecule has 1 heterocycles. The Hall–Kier alpha value is -0.930. The maximum absolute atomic E-state index is 11.8. The summed E-state index contributed by atoms with van der Waals surface area (Å²) in [5.74, 6) is 0. The zero-order valence-corrected chi connectivity index (χ0v) is 5.21. The van der Waals surface area contributed by atoms with E-state index in [2.05, 4.69) is 10.2 Å². The van der Waals surface area contributed by atoms with Gasteiger partial charge in [-0.15, -0.1) is 0 Å². The molecule has 0 spiro atoms. The minimum Gasteiger partial charge on any atom is -0.244 e. The molecule has 4 heteroatoms. The van der Waals surface area contributed by atoms with E-state index in [1.54, 1.807) is 0 Å². The van der Waals surface area contributed by atoms with Crippen molar-refractivity contribution in [2.75, 3.05) is 0 Å². The summed E-state index contributed by atoms with van der Waals surface area (Å²) in [4.78, 5) is 1.45. The van der Waals surface area contributed by atoms with Gasteiger partial charge in [0.05, 0.1) is 12.7 Å². The molecule has 0 N–H and O–H groups in total. The summed E-state index contributed by atoms with van der Waals surface area (Å²) in [5.41, 5.74) is 0.400. The molecule has 0 atom stereocenters. The Morgan fingerprint density at radius 1 is 1.78 bits per heavy atom. The van der Waals surface area contributed by atoms with Crippen LogP contribution in [0.4, 0.5) is 4.39 Å². The summed E-state index contributed by atoms with van der Waals surface area (Å²) < 4.78 is 11.8. The SMILES string of the molecule is CCn1ncc(CF)n1. The van der Waals surface area contributed by atoms with Crippen molar-refractivity contribution in [1.29, 1.82) is 0 Å². The van der Waals surface area contributed by atoms with Crippen LogP contribution in [0.15, 0.2) is 6.20 Å². The highest BCUT2D eigenvalue weighted by molar-refractivity contribution is 4.87. The molecule has 0 amide bonds. The first-order chi connectivity index (χ1) is 4.36. The third-order valence-corrected chi connectivity index (χ3v) is 1.00. The molecule has 3 nitrogen and oxygen atoms in total. The third kappa shape index (κ3) is 1.25. The highest BCUT2D eigenvalue weighted by Crippen LogP contribution is 1.92. The summed E-state index contributed by atoms with van der Waals surface area (Å²) in [6.07, 6.45) is 1.43. The van der Waals surface area contributed by atoms with E-state index < -0.39 is 6.67 Å². The van der Waals surface area contributed by atoms with Crippen molar-refractivity contribution in [2.45, 2.75) is 20.1 Å². The molecule has 1 aromatic heterocycles. The van der Waals surface area contributed by atoms with E-state index in [1.165, 1.54) is 11.0 Å². The average molecular weight is 129 g/mol. The van der Waals surface area contributed by atoms with Crippen molar-refractivity contribution in [3.63, 3.8) is 0 Å². The van der Waals surface area contributed by atoms with Crippen molar-refractivity contribution in [3.8, 4) is 0 Å². The molecule has 0 unspecified atom stereocenters. The number of rotatable bonds is 2. The van der Waals surface area contributed by atoms with Crippen LogP contribution in [0.2, 0.25) is 0 Å². The molecule has 0 fully saturated rings. The van der Waals surface area contributed by atoms with Gasteiger partial charge in [0, 0.05) is 0 Å². The highest BCUT2D eigenvalue weighted by Gasteiger charge is 1.95. The number of aromatic nitrogens is 3. The predicted octanol–water partition coefficient (Wildman–Crippen LogP) is 0.768. The van der Waals surface area contributed by atoms with Crippen LogP contribution in [0, 0.1) is 0 Å². The molecule has 0 aliphatic heterocycles. The first kappa shape index (κ1) is 6.19. The lowest BCUT2D eigenvalue weighted by Crippen LogP contribution is -1.98. The second-order valence-electron chi connectivity index (χ2n) is 1.66. The fourth-order valence-electron chi connectivity index (χ4n) is 0.547. The molecule has 0 aliphatic rings. The molecule has 0 aliphatic carbocycles. The van der Waals surface area contributed by atoms with Crippen LogP contribution >= 0.6 is 0 Å². The number of hydrogen-bond acceptors (Lipinski definition) is 2. The van der Waals surface area contributed by atoms with Gasteiger partial charge in [0.15, 0.2) is 0 Å². The fourth-order valence-corrected chi connectivity index (χ4v) is 0.547. The molecule has 9 heavy (non-hydrogen) atoms. The quantitative estimate of drug-likeness (QED) is 0.590. The average Bonchev–Trinajstić information content (AvgIpc) is 2.34. The first-order valence-electron chi connectivity index (χ1n) is 2.81. The third-order valence-electron chi connectivity index (χ3n) is 1.00. The molecule has 0 saturated heterocycles. The van der Waals surface area contributed by atoms with Crippen molar-refractivity contribution in [1.82, 2.24) is 15.0 Å². The van der Waals surface area contributed by atoms with Gasteiger partial charge in [-0.25, -0.2) is 4.39 Å². The molecule has 0 bridgehead atoms. The lowest BCUT2D eigenvalue weighted by molar-refractivity contribution is 0.465. The zero-order chi connectivity index (χ0) is 6.69. The Bertz CT molecular complexity index is 166. The number of hydrogen-bond donors (Lipinski definition) is 0. The lowest BCUT2D eigenvalue weighted by Gasteiger charge is -1.87. The van der Waals surface area contributed by atoms with Gasteiger partial charge in [0.25, 0.3) is 0 Å². The number of alkyl halides is 1. The van der Waals surface area contributed by atoms with E-state index in [-0.39, 0.29) is 0 Å². The van der Waals surface area contributed by atoms with Gasteiger partial charge in [-0.3, -0.25) is 0 Å². The Morgan fingerprint density at radius 2 is 2.56 bits per heavy atom. The van der Waals surface area contributed by atoms with Crippen LogP contribution in [-0.2, 0) is 13.2 Å². The van der Waals surface area contributed by atoms with Crippen LogP contribution < -0.4 is 0 Å². The Kier molecular flexibility index (Phi) is 1.77. The normalized spacial score (nSPS) is 10.0. The van der Waals surface area contributed by atoms with Crippen LogP contribution in [0.25, 0.3) is 0 Å². The maximum atomic E-state index is 11.8. The van der Waals surface area contributed by atoms with E-state index >= 15 is 0 Å². The van der Waals surface area contributed by atoms with Crippen molar-refractivity contribution in [2.24, 2.45) is 0 Å². The monoisotopic (exact) mass is 129 g/mol. The Labute approximate surface area is 52.5 Å². The second kappa shape index (κ2) is 2.57. The summed E-state index contributed by atoms with van der Waals surface area (Å²) in [5, 5.41) is 7.55. The second-order valence-corrected chi connectivity index (χ2v) is 1.66. The number of halogens is 1. The van der Waals surface area contributed by atoms with Crippen LogP contribution in [-0.4, -0.2) is 15.0 Å². The maximum Gasteiger partial charge on any atom is 0.135 e. The largest absolute Gasteiger partial charge is 0.244 e. The van der Waals surface area contributed by atoms with Gasteiger partial charge in [-0.2, -0.15) is 15.0 Å². The summed E-state index contributed by atoms with van der Waals surface area (Å²) in [6.45, 7) is 2.07. The van der Waals surface area contributed by atoms with Gasteiger partial charge in [0.1, 0.15) is 12.4 Å². The zero-order valence-electron chi connectivity index (χ0n) is 5.21. The molecular weight excluding hydrogens is 121 g/mol. The first-order valence-corrected chi connectivity index (χ1v) is 2.81. The highest BCUT2D eigenvalue weighted by atomic mass is 19.1. The molecule has 0 aromatic carbocycles. The lowest BCUT2D eigenvalue weighted by atomic mass is 10.5. The van der Waals surface area contributed by atoms with Gasteiger partial charge in [0.2, 0.25) is 0 Å². The topological polar surface area (TPSA) is 30.7 Å². The Balaban J connectivity index is 2.74. The summed E-state index contributed by atoms with van der Waals surface area (Å²) in [7, 11) is 0. The Morgan fingerprint density at radius 3 is 2.89 bits per heavy atom. The van der Waals surface area contributed by atoms with E-state index in [0.717, 1.165) is 0 Å². The van der Waals surface area contributed by atoms with Crippen LogP contribution in [0.1, 0.15) is 12.6 Å². The summed E-state index contributed by atoms with van der Waals surface area (Å²) >= 11 is 0. The predicted molar refractivity (Wildman–Crippen MR) is 30.5 cm³/mol. The van der Waals surface area contributed by atoms with E-state index in [4.69, 9.17) is 0 Å². The molecule has 1 aromatic rings. The van der Waals surface area contributed by atoms with E-state index in [0.29, 0.717) is 12.2 Å². The molecule has 0 saturated carbocycles. The smallest absolute Gasteiger partial charge is 0.135 e. The van der Waals surface area contributed by atoms with E-state index in [1.807, 2.05) is 6.92 Å². The van der Waals surface area contributed by atoms with E-state index in [9.17, 15) is 4.39 Å². The molecule has 1 rings (SSSR count). The minimum absolute atomic E-state index is 0.400. The number of aryl methyl sites for hydroxylation is 1. The van der Waals surface area contributed by atoms with Gasteiger partial charge in [-0.1, -0.05) is 0 Å². The van der Waals surface area contributed by atoms with Gasteiger partial charge in [-0.05, 0) is 6.92 Å². The molecule has 0 radical (unpaired) electrons. The molecular formula is C5H8FN3. The standard InChI is InChI=1S/C5H8FN3/c1-2-9-7-4-5(3-6)8-9/h4H,2-3H2,1H3. The molecule has 50 valence electrons. The van der Waals surface area contributed by atoms with Gasteiger partial charge < -0.3 is 0 Å². The summed E-state index contributed by atoms with van der Waals surface area (Å²) in [6, 6.07) is 0. The number of nitrogens with zero attached hydrogens (tertiary/aromatic N) is 3. The fraction of sp³-hybridized carbons (Fsp3) is 0.600.